The second-order valence-electron chi connectivity index (χ2n) is 12.8. The zero-order valence-corrected chi connectivity index (χ0v) is 27.5. The molecule has 1 aliphatic heterocycles. The van der Waals surface area contributed by atoms with Crippen molar-refractivity contribution in [2.24, 2.45) is 0 Å². The Kier molecular flexibility index (Phi) is 7.60. The summed E-state index contributed by atoms with van der Waals surface area (Å²) in [7, 11) is 0. The summed E-state index contributed by atoms with van der Waals surface area (Å²) < 4.78 is 0. The molecular weight excluding hydrogens is 605 g/mol. The molecule has 7 aromatic carbocycles. The Bertz CT molecular complexity index is 2520. The summed E-state index contributed by atoms with van der Waals surface area (Å²) in [5.41, 5.74) is 13.5. The van der Waals surface area contributed by atoms with Crippen LogP contribution in [0.1, 0.15) is 22.7 Å². The lowest BCUT2D eigenvalue weighted by molar-refractivity contribution is 0.767. The molecule has 2 heterocycles. The molecule has 1 unspecified atom stereocenters. The number of pyridine rings is 1. The predicted molar refractivity (Wildman–Crippen MR) is 210 cm³/mol. The van der Waals surface area contributed by atoms with Crippen molar-refractivity contribution in [3.63, 3.8) is 0 Å². The van der Waals surface area contributed by atoms with Crippen LogP contribution in [0.4, 0.5) is 0 Å². The van der Waals surface area contributed by atoms with Gasteiger partial charge in [-0.1, -0.05) is 170 Å². The molecule has 0 saturated carbocycles. The lowest BCUT2D eigenvalue weighted by Gasteiger charge is -2.26. The van der Waals surface area contributed by atoms with Crippen LogP contribution in [0.3, 0.4) is 0 Å². The minimum absolute atomic E-state index is 0.0209. The molecule has 1 atom stereocenters. The van der Waals surface area contributed by atoms with Crippen molar-refractivity contribution in [3.05, 3.63) is 211 Å². The van der Waals surface area contributed by atoms with Crippen LogP contribution in [0.15, 0.2) is 194 Å². The Morgan fingerprint density at radius 1 is 0.460 bits per heavy atom. The molecule has 236 valence electrons. The third-order valence-corrected chi connectivity index (χ3v) is 9.69. The van der Waals surface area contributed by atoms with E-state index in [1.165, 1.54) is 44.0 Å². The van der Waals surface area contributed by atoms with E-state index in [0.29, 0.717) is 0 Å². The molecular formula is C48H34N2. The normalized spacial score (nSPS) is 14.2. The largest absolute Gasteiger partial charge is 0.374 e. The number of rotatable bonds is 6. The van der Waals surface area contributed by atoms with E-state index in [1.807, 2.05) is 0 Å². The summed E-state index contributed by atoms with van der Waals surface area (Å²) in [5.74, 6) is 0. The van der Waals surface area contributed by atoms with Gasteiger partial charge >= 0.3 is 0 Å². The second-order valence-corrected chi connectivity index (χ2v) is 12.8. The van der Waals surface area contributed by atoms with Crippen LogP contribution in [0.5, 0.6) is 0 Å². The van der Waals surface area contributed by atoms with Gasteiger partial charge in [0.05, 0.1) is 17.3 Å². The van der Waals surface area contributed by atoms with Crippen LogP contribution in [-0.2, 0) is 0 Å². The predicted octanol–water partition coefficient (Wildman–Crippen LogP) is 12.2. The maximum atomic E-state index is 5.51. The first-order chi connectivity index (χ1) is 24.8. The third kappa shape index (κ3) is 5.57. The fraction of sp³-hybridized carbons (Fsp3) is 0.0208. The highest BCUT2D eigenvalue weighted by molar-refractivity contribution is 6.17. The maximum absolute atomic E-state index is 5.51. The molecule has 0 saturated heterocycles. The van der Waals surface area contributed by atoms with E-state index in [-0.39, 0.29) is 6.04 Å². The van der Waals surface area contributed by atoms with Gasteiger partial charge in [0.25, 0.3) is 0 Å². The average molecular weight is 639 g/mol. The van der Waals surface area contributed by atoms with Gasteiger partial charge < -0.3 is 5.32 Å². The number of aromatic nitrogens is 1. The molecule has 1 aromatic heterocycles. The number of hydrogen-bond acceptors (Lipinski definition) is 2. The van der Waals surface area contributed by atoms with Crippen molar-refractivity contribution in [2.45, 2.75) is 6.04 Å². The average Bonchev–Trinajstić information content (AvgIpc) is 3.21. The highest BCUT2D eigenvalue weighted by atomic mass is 14.9. The first-order valence-corrected chi connectivity index (χ1v) is 17.2. The summed E-state index contributed by atoms with van der Waals surface area (Å²) in [4.78, 5) is 5.51. The van der Waals surface area contributed by atoms with Crippen molar-refractivity contribution in [1.82, 2.24) is 10.3 Å². The fourth-order valence-corrected chi connectivity index (χ4v) is 7.19. The Labute approximate surface area is 292 Å². The summed E-state index contributed by atoms with van der Waals surface area (Å²) >= 11 is 0. The van der Waals surface area contributed by atoms with Crippen LogP contribution >= 0.6 is 0 Å². The van der Waals surface area contributed by atoms with E-state index in [4.69, 9.17) is 4.98 Å². The van der Waals surface area contributed by atoms with Gasteiger partial charge in [-0.15, -0.1) is 0 Å². The first kappa shape index (κ1) is 29.6. The molecule has 2 nitrogen and oxygen atoms in total. The minimum atomic E-state index is -0.0209. The van der Waals surface area contributed by atoms with Gasteiger partial charge in [0.1, 0.15) is 0 Å². The van der Waals surface area contributed by atoms with Gasteiger partial charge in [-0.25, -0.2) is 4.98 Å². The smallest absolute Gasteiger partial charge is 0.0800 e. The van der Waals surface area contributed by atoms with Crippen LogP contribution < -0.4 is 5.32 Å². The standard InChI is InChI=1S/C48H34N2/c1-5-15-33(16-6-1)34-25-27-38(28-26-34)45-31-40(30-44(49-45)36-19-9-3-10-20-36)43-29-39-23-13-14-24-41(39)47-42(35-17-7-2-8-18-35)32-46(50-48(43)47)37-21-11-4-12-22-37/h1-32,44,49H. The Balaban J connectivity index is 1.30. The van der Waals surface area contributed by atoms with Crippen molar-refractivity contribution in [3.8, 4) is 33.5 Å². The molecule has 8 aromatic rings. The van der Waals surface area contributed by atoms with Crippen molar-refractivity contribution in [1.29, 1.82) is 0 Å². The number of nitrogens with zero attached hydrogens (tertiary/aromatic N) is 1. The third-order valence-electron chi connectivity index (χ3n) is 9.69. The van der Waals surface area contributed by atoms with E-state index < -0.39 is 0 Å². The number of dihydropyridines is 1. The van der Waals surface area contributed by atoms with Gasteiger partial charge in [-0.3, -0.25) is 0 Å². The maximum Gasteiger partial charge on any atom is 0.0800 e. The summed E-state index contributed by atoms with van der Waals surface area (Å²) in [6, 6.07) is 64.7. The van der Waals surface area contributed by atoms with Crippen molar-refractivity contribution < 1.29 is 0 Å². The number of hydrogen-bond donors (Lipinski definition) is 1. The lowest BCUT2D eigenvalue weighted by Crippen LogP contribution is -2.21. The molecule has 0 bridgehead atoms. The molecule has 1 aliphatic rings. The van der Waals surface area contributed by atoms with Gasteiger partial charge in [0.2, 0.25) is 0 Å². The van der Waals surface area contributed by atoms with E-state index in [2.05, 4.69) is 199 Å². The molecule has 0 fully saturated rings. The molecule has 2 heteroatoms. The highest BCUT2D eigenvalue weighted by Crippen LogP contribution is 2.42. The van der Waals surface area contributed by atoms with Crippen LogP contribution in [0, 0.1) is 0 Å². The Morgan fingerprint density at radius 3 is 1.72 bits per heavy atom. The van der Waals surface area contributed by atoms with E-state index >= 15 is 0 Å². The van der Waals surface area contributed by atoms with Gasteiger partial charge in [0, 0.05) is 22.2 Å². The van der Waals surface area contributed by atoms with Crippen molar-refractivity contribution >= 4 is 32.9 Å². The van der Waals surface area contributed by atoms with Crippen LogP contribution in [0.2, 0.25) is 0 Å². The first-order valence-electron chi connectivity index (χ1n) is 17.2. The topological polar surface area (TPSA) is 24.9 Å². The lowest BCUT2D eigenvalue weighted by atomic mass is 9.87. The molecule has 0 radical (unpaired) electrons. The van der Waals surface area contributed by atoms with E-state index in [0.717, 1.165) is 39.2 Å². The second kappa shape index (κ2) is 12.8. The van der Waals surface area contributed by atoms with Crippen molar-refractivity contribution in [2.75, 3.05) is 0 Å². The number of allylic oxidation sites excluding steroid dienone is 2. The Hall–Kier alpha value is -6.51. The van der Waals surface area contributed by atoms with Crippen LogP contribution in [-0.4, -0.2) is 4.98 Å². The zero-order chi connectivity index (χ0) is 33.3. The highest BCUT2D eigenvalue weighted by Gasteiger charge is 2.22. The Morgan fingerprint density at radius 2 is 1.02 bits per heavy atom. The number of nitrogens with one attached hydrogen (secondary N) is 1. The molecule has 0 aliphatic carbocycles. The van der Waals surface area contributed by atoms with Crippen LogP contribution in [0.25, 0.3) is 66.5 Å². The monoisotopic (exact) mass is 638 g/mol. The van der Waals surface area contributed by atoms with Gasteiger partial charge in [-0.2, -0.15) is 0 Å². The quantitative estimate of drug-likeness (QED) is 0.183. The van der Waals surface area contributed by atoms with Gasteiger partial charge in [-0.05, 0) is 74.0 Å². The molecule has 9 rings (SSSR count). The minimum Gasteiger partial charge on any atom is -0.374 e. The summed E-state index contributed by atoms with van der Waals surface area (Å²) in [6.45, 7) is 0. The summed E-state index contributed by atoms with van der Waals surface area (Å²) in [6.07, 6.45) is 4.67. The SMILES string of the molecule is C1=C(c2ccc(-c3ccccc3)cc2)NC(c2ccccc2)C=C1c1cc2ccccc2c2c(-c3ccccc3)cc(-c3ccccc3)nc12. The zero-order valence-electron chi connectivity index (χ0n) is 27.5. The molecule has 1 N–H and O–H groups in total. The summed E-state index contributed by atoms with van der Waals surface area (Å²) in [5, 5.41) is 7.43. The van der Waals surface area contributed by atoms with E-state index in [1.54, 1.807) is 0 Å². The van der Waals surface area contributed by atoms with Gasteiger partial charge in [0.15, 0.2) is 0 Å². The molecule has 0 spiro atoms. The molecule has 50 heavy (non-hydrogen) atoms. The fourth-order valence-electron chi connectivity index (χ4n) is 7.19. The van der Waals surface area contributed by atoms with E-state index in [9.17, 15) is 0 Å². The molecule has 0 amide bonds. The number of benzene rings is 7. The number of fused-ring (bicyclic) bond motifs is 3.